The molecule has 2 aromatic heterocycles. The van der Waals surface area contributed by atoms with E-state index in [-0.39, 0.29) is 0 Å². The molecule has 0 aliphatic carbocycles. The number of hydrogen-bond donors (Lipinski definition) is 1. The molecule has 2 rings (SSSR count). The van der Waals surface area contributed by atoms with Crippen LogP contribution in [0, 0.1) is 13.8 Å². The third-order valence-corrected chi connectivity index (χ3v) is 4.47. The van der Waals surface area contributed by atoms with E-state index in [1.807, 2.05) is 13.8 Å². The maximum Gasteiger partial charge on any atom is 0.159 e. The maximum atomic E-state index is 4.97. The highest BCUT2D eigenvalue weighted by Crippen LogP contribution is 2.31. The standard InChI is InChI=1S/C11H16N4OS2/c1-7-10(17-8(2)13-7)11-15-14-9(18-11)6-12-4-5-16-3/h12H,4-6H2,1-3H3. The maximum absolute atomic E-state index is 4.97. The first-order valence-electron chi connectivity index (χ1n) is 5.67. The predicted molar refractivity (Wildman–Crippen MR) is 74.1 cm³/mol. The van der Waals surface area contributed by atoms with Crippen LogP contribution < -0.4 is 5.32 Å². The van der Waals surface area contributed by atoms with Gasteiger partial charge in [-0.25, -0.2) is 4.98 Å². The molecule has 0 spiro atoms. The minimum atomic E-state index is 0.707. The Labute approximate surface area is 114 Å². The van der Waals surface area contributed by atoms with Gasteiger partial charge in [-0.15, -0.1) is 21.5 Å². The van der Waals surface area contributed by atoms with E-state index in [2.05, 4.69) is 20.5 Å². The van der Waals surface area contributed by atoms with E-state index in [1.54, 1.807) is 29.8 Å². The lowest BCUT2D eigenvalue weighted by atomic mass is 10.4. The van der Waals surface area contributed by atoms with Crippen LogP contribution in [0.3, 0.4) is 0 Å². The SMILES string of the molecule is COCCNCc1nnc(-c2sc(C)nc2C)s1. The Morgan fingerprint density at radius 1 is 1.22 bits per heavy atom. The number of ether oxygens (including phenoxy) is 1. The zero-order valence-electron chi connectivity index (χ0n) is 10.7. The van der Waals surface area contributed by atoms with Gasteiger partial charge in [0.25, 0.3) is 0 Å². The molecule has 0 aliphatic heterocycles. The van der Waals surface area contributed by atoms with Gasteiger partial charge in [0.1, 0.15) is 5.01 Å². The van der Waals surface area contributed by atoms with Crippen molar-refractivity contribution in [1.29, 1.82) is 0 Å². The number of hydrogen-bond acceptors (Lipinski definition) is 7. The number of methoxy groups -OCH3 is 1. The van der Waals surface area contributed by atoms with Crippen molar-refractivity contribution in [2.24, 2.45) is 0 Å². The molecule has 2 heterocycles. The van der Waals surface area contributed by atoms with E-state index in [1.165, 1.54) is 0 Å². The number of nitrogens with zero attached hydrogens (tertiary/aromatic N) is 3. The molecule has 0 atom stereocenters. The molecule has 98 valence electrons. The van der Waals surface area contributed by atoms with Gasteiger partial charge in [0.2, 0.25) is 0 Å². The summed E-state index contributed by atoms with van der Waals surface area (Å²) in [5, 5.41) is 14.7. The fraction of sp³-hybridized carbons (Fsp3) is 0.545. The Balaban J connectivity index is 1.99. The van der Waals surface area contributed by atoms with E-state index in [4.69, 9.17) is 4.74 Å². The van der Waals surface area contributed by atoms with Crippen molar-refractivity contribution in [2.45, 2.75) is 20.4 Å². The average molecular weight is 284 g/mol. The molecular formula is C11H16N4OS2. The third-order valence-electron chi connectivity index (χ3n) is 2.32. The highest BCUT2D eigenvalue weighted by Gasteiger charge is 2.12. The monoisotopic (exact) mass is 284 g/mol. The van der Waals surface area contributed by atoms with Gasteiger partial charge in [-0.3, -0.25) is 0 Å². The van der Waals surface area contributed by atoms with Crippen LogP contribution in [0.4, 0.5) is 0 Å². The second-order valence-electron chi connectivity index (χ2n) is 3.82. The normalized spacial score (nSPS) is 11.1. The van der Waals surface area contributed by atoms with Crippen LogP contribution in [0.25, 0.3) is 9.88 Å². The van der Waals surface area contributed by atoms with E-state index in [9.17, 15) is 0 Å². The molecule has 0 amide bonds. The quantitative estimate of drug-likeness (QED) is 0.822. The summed E-state index contributed by atoms with van der Waals surface area (Å²) in [5.74, 6) is 0. The predicted octanol–water partition coefficient (Wildman–Crippen LogP) is 2.01. The van der Waals surface area contributed by atoms with E-state index in [0.717, 1.165) is 38.7 Å². The zero-order chi connectivity index (χ0) is 13.0. The van der Waals surface area contributed by atoms with E-state index in [0.29, 0.717) is 6.61 Å². The zero-order valence-corrected chi connectivity index (χ0v) is 12.3. The Kier molecular flexibility index (Phi) is 4.76. The first-order valence-corrected chi connectivity index (χ1v) is 7.30. The topological polar surface area (TPSA) is 59.9 Å². The van der Waals surface area contributed by atoms with Crippen LogP contribution in [-0.4, -0.2) is 35.4 Å². The van der Waals surface area contributed by atoms with E-state index < -0.39 is 0 Å². The third kappa shape index (κ3) is 3.32. The molecule has 5 nitrogen and oxygen atoms in total. The fourth-order valence-corrected chi connectivity index (χ4v) is 3.37. The van der Waals surface area contributed by atoms with Gasteiger partial charge < -0.3 is 10.1 Å². The molecule has 0 fully saturated rings. The number of aryl methyl sites for hydroxylation is 2. The molecule has 0 saturated carbocycles. The van der Waals surface area contributed by atoms with Gasteiger partial charge in [-0.1, -0.05) is 11.3 Å². The van der Waals surface area contributed by atoms with Crippen molar-refractivity contribution in [1.82, 2.24) is 20.5 Å². The van der Waals surface area contributed by atoms with E-state index >= 15 is 0 Å². The smallest absolute Gasteiger partial charge is 0.159 e. The van der Waals surface area contributed by atoms with Crippen LogP contribution >= 0.6 is 22.7 Å². The molecule has 7 heteroatoms. The van der Waals surface area contributed by atoms with Gasteiger partial charge in [-0.2, -0.15) is 0 Å². The second-order valence-corrected chi connectivity index (χ2v) is 6.08. The highest BCUT2D eigenvalue weighted by molar-refractivity contribution is 7.21. The summed E-state index contributed by atoms with van der Waals surface area (Å²) in [6, 6.07) is 0. The minimum Gasteiger partial charge on any atom is -0.383 e. The summed E-state index contributed by atoms with van der Waals surface area (Å²) in [6.07, 6.45) is 0. The Bertz CT molecular complexity index is 509. The van der Waals surface area contributed by atoms with Crippen LogP contribution in [-0.2, 0) is 11.3 Å². The van der Waals surface area contributed by atoms with Crippen molar-refractivity contribution >= 4 is 22.7 Å². The number of aromatic nitrogens is 3. The van der Waals surface area contributed by atoms with Crippen LogP contribution in [0.15, 0.2) is 0 Å². The lowest BCUT2D eigenvalue weighted by Gasteiger charge is -1.99. The molecule has 0 aromatic carbocycles. The molecule has 0 bridgehead atoms. The first-order chi connectivity index (χ1) is 8.70. The Morgan fingerprint density at radius 3 is 2.72 bits per heavy atom. The van der Waals surface area contributed by atoms with Crippen molar-refractivity contribution in [3.63, 3.8) is 0 Å². The molecule has 1 N–H and O–H groups in total. The lowest BCUT2D eigenvalue weighted by molar-refractivity contribution is 0.199. The Morgan fingerprint density at radius 2 is 2.06 bits per heavy atom. The molecule has 0 aliphatic rings. The molecule has 18 heavy (non-hydrogen) atoms. The summed E-state index contributed by atoms with van der Waals surface area (Å²) >= 11 is 3.29. The highest BCUT2D eigenvalue weighted by atomic mass is 32.1. The number of thiazole rings is 1. The average Bonchev–Trinajstić information content (AvgIpc) is 2.91. The van der Waals surface area contributed by atoms with Gasteiger partial charge in [-0.05, 0) is 13.8 Å². The second kappa shape index (κ2) is 6.33. The van der Waals surface area contributed by atoms with Crippen molar-refractivity contribution in [3.05, 3.63) is 15.7 Å². The first kappa shape index (κ1) is 13.5. The van der Waals surface area contributed by atoms with Crippen LogP contribution in [0.5, 0.6) is 0 Å². The van der Waals surface area contributed by atoms with Crippen molar-refractivity contribution in [3.8, 4) is 9.88 Å². The summed E-state index contributed by atoms with van der Waals surface area (Å²) in [6.45, 7) is 6.28. The van der Waals surface area contributed by atoms with Gasteiger partial charge in [0.05, 0.1) is 22.2 Å². The molecule has 0 unspecified atom stereocenters. The van der Waals surface area contributed by atoms with Gasteiger partial charge in [0, 0.05) is 20.2 Å². The number of rotatable bonds is 6. The van der Waals surface area contributed by atoms with Gasteiger partial charge in [0.15, 0.2) is 5.01 Å². The van der Waals surface area contributed by atoms with Crippen LogP contribution in [0.1, 0.15) is 15.7 Å². The minimum absolute atomic E-state index is 0.707. The van der Waals surface area contributed by atoms with Gasteiger partial charge >= 0.3 is 0 Å². The fourth-order valence-electron chi connectivity index (χ4n) is 1.52. The largest absolute Gasteiger partial charge is 0.383 e. The summed E-state index contributed by atoms with van der Waals surface area (Å²) in [4.78, 5) is 5.54. The summed E-state index contributed by atoms with van der Waals surface area (Å²) in [5.41, 5.74) is 1.03. The number of nitrogens with one attached hydrogen (secondary N) is 1. The van der Waals surface area contributed by atoms with Crippen LogP contribution in [0.2, 0.25) is 0 Å². The van der Waals surface area contributed by atoms with Crippen molar-refractivity contribution < 1.29 is 4.74 Å². The Hall–Kier alpha value is -0.890. The molecule has 0 radical (unpaired) electrons. The lowest BCUT2D eigenvalue weighted by Crippen LogP contribution is -2.18. The molecule has 0 saturated heterocycles. The van der Waals surface area contributed by atoms with Crippen molar-refractivity contribution in [2.75, 3.05) is 20.3 Å². The summed E-state index contributed by atoms with van der Waals surface area (Å²) in [7, 11) is 1.69. The summed E-state index contributed by atoms with van der Waals surface area (Å²) < 4.78 is 4.97. The molecule has 2 aromatic rings. The molecular weight excluding hydrogens is 268 g/mol.